The van der Waals surface area contributed by atoms with Gasteiger partial charge in [-0.05, 0) is 67.9 Å². The van der Waals surface area contributed by atoms with Crippen LogP contribution < -0.4 is 0 Å². The van der Waals surface area contributed by atoms with Crippen LogP contribution in [0.2, 0.25) is 0 Å². The van der Waals surface area contributed by atoms with Crippen LogP contribution in [0.3, 0.4) is 0 Å². The fourth-order valence-electron chi connectivity index (χ4n) is 5.95. The van der Waals surface area contributed by atoms with Crippen molar-refractivity contribution in [1.82, 2.24) is 0 Å². The molecule has 2 fully saturated rings. The number of aliphatic hydroxyl groups is 1. The van der Waals surface area contributed by atoms with Crippen molar-refractivity contribution in [3.05, 3.63) is 48.0 Å². The van der Waals surface area contributed by atoms with Gasteiger partial charge < -0.3 is 9.84 Å². The molecule has 1 N–H and O–H groups in total. The minimum Gasteiger partial charge on any atom is -0.385 e. The molecule has 0 saturated heterocycles. The van der Waals surface area contributed by atoms with E-state index in [-0.39, 0.29) is 28.6 Å². The van der Waals surface area contributed by atoms with E-state index in [2.05, 4.69) is 39.5 Å². The van der Waals surface area contributed by atoms with E-state index >= 15 is 0 Å². The highest BCUT2D eigenvalue weighted by atomic mass is 16.5. The number of Topliss-reactive ketones (excluding diaryl/α,β-unsaturated/α-hetero) is 1. The molecule has 0 spiro atoms. The topological polar surface area (TPSA) is 46.5 Å². The molecule has 0 aliphatic heterocycles. The van der Waals surface area contributed by atoms with Gasteiger partial charge in [0.15, 0.2) is 0 Å². The molecule has 28 heavy (non-hydrogen) atoms. The van der Waals surface area contributed by atoms with Gasteiger partial charge in [0.2, 0.25) is 0 Å². The first-order valence-electron chi connectivity index (χ1n) is 10.6. The second-order valence-electron chi connectivity index (χ2n) is 9.87. The minimum absolute atomic E-state index is 0.00102. The molecule has 2 aliphatic carbocycles. The Kier molecular flexibility index (Phi) is 5.64. The van der Waals surface area contributed by atoms with Gasteiger partial charge in [0, 0.05) is 0 Å². The van der Waals surface area contributed by atoms with E-state index in [0.29, 0.717) is 30.9 Å². The Morgan fingerprint density at radius 2 is 1.86 bits per heavy atom. The highest BCUT2D eigenvalue weighted by Gasteiger charge is 2.64. The summed E-state index contributed by atoms with van der Waals surface area (Å²) in [4.78, 5) is 12.4. The predicted molar refractivity (Wildman–Crippen MR) is 113 cm³/mol. The lowest BCUT2D eigenvalue weighted by Crippen LogP contribution is -2.57. The largest absolute Gasteiger partial charge is 0.385 e. The van der Waals surface area contributed by atoms with E-state index < -0.39 is 5.60 Å². The molecule has 3 rings (SSSR count). The molecule has 0 amide bonds. The summed E-state index contributed by atoms with van der Waals surface area (Å²) in [5, 5.41) is 11.6. The highest BCUT2D eigenvalue weighted by Crippen LogP contribution is 2.64. The molecule has 2 aliphatic rings. The van der Waals surface area contributed by atoms with Crippen molar-refractivity contribution in [3.8, 4) is 0 Å². The summed E-state index contributed by atoms with van der Waals surface area (Å²) in [5.41, 5.74) is 0.428. The van der Waals surface area contributed by atoms with Crippen LogP contribution >= 0.6 is 0 Å². The van der Waals surface area contributed by atoms with E-state index in [9.17, 15) is 9.90 Å². The van der Waals surface area contributed by atoms with Crippen LogP contribution in [0, 0.1) is 23.2 Å². The molecule has 0 radical (unpaired) electrons. The van der Waals surface area contributed by atoms with Gasteiger partial charge in [-0.2, -0.15) is 0 Å². The molecule has 0 unspecified atom stereocenters. The summed E-state index contributed by atoms with van der Waals surface area (Å²) in [5.74, 6) is 0.216. The molecule has 154 valence electrons. The second kappa shape index (κ2) is 7.42. The van der Waals surface area contributed by atoms with Crippen LogP contribution in [-0.4, -0.2) is 22.1 Å². The molecule has 0 bridgehead atoms. The van der Waals surface area contributed by atoms with Gasteiger partial charge in [0.25, 0.3) is 0 Å². The van der Waals surface area contributed by atoms with Crippen molar-refractivity contribution in [3.63, 3.8) is 0 Å². The third-order valence-electron chi connectivity index (χ3n) is 7.84. The SMILES string of the molecule is C=C(C)[C@@]1(O)C[C@@H]2[C@](C)(CC[C@@]2(OCc2ccccc2)C(C)C)C[C@@H]1C(C)=O. The van der Waals surface area contributed by atoms with Crippen molar-refractivity contribution in [2.24, 2.45) is 23.2 Å². The molecule has 5 atom stereocenters. The maximum Gasteiger partial charge on any atom is 0.136 e. The maximum atomic E-state index is 12.4. The normalized spacial score (nSPS) is 37.7. The first-order valence-corrected chi connectivity index (χ1v) is 10.6. The quantitative estimate of drug-likeness (QED) is 0.675. The monoisotopic (exact) mass is 384 g/mol. The van der Waals surface area contributed by atoms with Gasteiger partial charge in [-0.15, -0.1) is 0 Å². The van der Waals surface area contributed by atoms with Crippen LogP contribution in [-0.2, 0) is 16.1 Å². The maximum absolute atomic E-state index is 12.4. The van der Waals surface area contributed by atoms with Crippen LogP contribution in [0.4, 0.5) is 0 Å². The molecule has 2 saturated carbocycles. The summed E-state index contributed by atoms with van der Waals surface area (Å²) < 4.78 is 6.72. The number of benzene rings is 1. The number of carbonyl (C=O) groups is 1. The zero-order chi connectivity index (χ0) is 20.7. The lowest BCUT2D eigenvalue weighted by Gasteiger charge is -2.54. The Morgan fingerprint density at radius 1 is 1.21 bits per heavy atom. The minimum atomic E-state index is -1.14. The van der Waals surface area contributed by atoms with Crippen LogP contribution in [0.1, 0.15) is 65.9 Å². The lowest BCUT2D eigenvalue weighted by atomic mass is 9.54. The number of carbonyl (C=O) groups excluding carboxylic acids is 1. The molecule has 0 heterocycles. The Bertz CT molecular complexity index is 739. The smallest absolute Gasteiger partial charge is 0.136 e. The van der Waals surface area contributed by atoms with E-state index in [4.69, 9.17) is 4.74 Å². The molecule has 3 nitrogen and oxygen atoms in total. The fourth-order valence-corrected chi connectivity index (χ4v) is 5.95. The van der Waals surface area contributed by atoms with E-state index in [1.807, 2.05) is 25.1 Å². The predicted octanol–water partition coefficient (Wildman–Crippen LogP) is 5.32. The van der Waals surface area contributed by atoms with E-state index in [1.165, 1.54) is 5.56 Å². The van der Waals surface area contributed by atoms with E-state index in [1.54, 1.807) is 6.92 Å². The summed E-state index contributed by atoms with van der Waals surface area (Å²) in [6.45, 7) is 14.9. The lowest BCUT2D eigenvalue weighted by molar-refractivity contribution is -0.174. The number of hydrogen-bond donors (Lipinski definition) is 1. The van der Waals surface area contributed by atoms with Crippen molar-refractivity contribution in [1.29, 1.82) is 0 Å². The van der Waals surface area contributed by atoms with Crippen LogP contribution in [0.25, 0.3) is 0 Å². The van der Waals surface area contributed by atoms with Crippen molar-refractivity contribution in [2.75, 3.05) is 0 Å². The highest BCUT2D eigenvalue weighted by molar-refractivity contribution is 5.80. The van der Waals surface area contributed by atoms with Gasteiger partial charge in [0.05, 0.1) is 23.7 Å². The van der Waals surface area contributed by atoms with E-state index in [0.717, 1.165) is 12.8 Å². The number of rotatable bonds is 6. The number of ether oxygens (including phenoxy) is 1. The average Bonchev–Trinajstić information content (AvgIpc) is 2.93. The summed E-state index contributed by atoms with van der Waals surface area (Å²) in [6.07, 6.45) is 3.26. The zero-order valence-corrected chi connectivity index (χ0v) is 18.1. The Morgan fingerprint density at radius 3 is 2.39 bits per heavy atom. The molecule has 1 aromatic carbocycles. The fraction of sp³-hybridized carbons (Fsp3) is 0.640. The first-order chi connectivity index (χ1) is 13.0. The first kappa shape index (κ1) is 21.3. The third-order valence-corrected chi connectivity index (χ3v) is 7.84. The van der Waals surface area contributed by atoms with Crippen LogP contribution in [0.15, 0.2) is 42.5 Å². The Hall–Kier alpha value is -1.45. The summed E-state index contributed by atoms with van der Waals surface area (Å²) in [7, 11) is 0. The Labute approximate surface area is 170 Å². The molecular weight excluding hydrogens is 348 g/mol. The van der Waals surface area contributed by atoms with Gasteiger partial charge in [-0.1, -0.05) is 57.7 Å². The van der Waals surface area contributed by atoms with Gasteiger partial charge in [0.1, 0.15) is 5.78 Å². The molecule has 1 aromatic rings. The number of ketones is 1. The Balaban J connectivity index is 1.96. The van der Waals surface area contributed by atoms with Gasteiger partial charge >= 0.3 is 0 Å². The van der Waals surface area contributed by atoms with Crippen molar-refractivity contribution >= 4 is 5.78 Å². The molecule has 0 aromatic heterocycles. The van der Waals surface area contributed by atoms with Crippen LogP contribution in [0.5, 0.6) is 0 Å². The number of fused-ring (bicyclic) bond motifs is 1. The number of hydrogen-bond acceptors (Lipinski definition) is 3. The third kappa shape index (κ3) is 3.37. The molecular formula is C25H36O3. The van der Waals surface area contributed by atoms with Crippen molar-refractivity contribution < 1.29 is 14.6 Å². The van der Waals surface area contributed by atoms with Gasteiger partial charge in [-0.3, -0.25) is 4.79 Å². The van der Waals surface area contributed by atoms with Gasteiger partial charge in [-0.25, -0.2) is 0 Å². The summed E-state index contributed by atoms with van der Waals surface area (Å²) >= 11 is 0. The molecule has 3 heteroatoms. The second-order valence-corrected chi connectivity index (χ2v) is 9.87. The zero-order valence-electron chi connectivity index (χ0n) is 18.1. The standard InChI is InChI=1S/C25H36O3/c1-17(2)24(27)15-22-23(6,14-21(24)19(5)26)12-13-25(22,18(3)4)28-16-20-10-8-7-9-11-20/h7-11,18,21-22,27H,1,12-16H2,2-6H3/t21-,22-,23-,24+,25-/m1/s1. The average molecular weight is 385 g/mol. The summed E-state index contributed by atoms with van der Waals surface area (Å²) in [6, 6.07) is 10.3. The van der Waals surface area contributed by atoms with Crippen molar-refractivity contribution in [2.45, 2.75) is 78.1 Å².